The molecule has 0 radical (unpaired) electrons. The Morgan fingerprint density at radius 1 is 1.43 bits per heavy atom. The lowest BCUT2D eigenvalue weighted by Gasteiger charge is -2.29. The van der Waals surface area contributed by atoms with E-state index in [-0.39, 0.29) is 23.5 Å². The summed E-state index contributed by atoms with van der Waals surface area (Å²) in [5, 5.41) is 0. The maximum atomic E-state index is 13.3. The number of nitrogens with zero attached hydrogens (tertiary/aromatic N) is 1. The van der Waals surface area contributed by atoms with E-state index in [1.54, 1.807) is 12.1 Å². The summed E-state index contributed by atoms with van der Waals surface area (Å²) in [7, 11) is 0. The maximum absolute atomic E-state index is 13.3. The second-order valence-corrected chi connectivity index (χ2v) is 5.86. The van der Waals surface area contributed by atoms with Crippen LogP contribution < -0.4 is 0 Å². The van der Waals surface area contributed by atoms with E-state index in [1.165, 1.54) is 12.1 Å². The molecule has 0 saturated carbocycles. The Kier molecular flexibility index (Phi) is 4.26. The van der Waals surface area contributed by atoms with E-state index >= 15 is 0 Å². The lowest BCUT2D eigenvalue weighted by Crippen LogP contribution is -2.42. The summed E-state index contributed by atoms with van der Waals surface area (Å²) in [5.74, 6) is -0.502. The number of benzene rings is 1. The summed E-state index contributed by atoms with van der Waals surface area (Å²) in [4.78, 5) is 16.4. The van der Waals surface area contributed by atoms with Gasteiger partial charge in [-0.05, 0) is 32.0 Å². The van der Waals surface area contributed by atoms with Crippen LogP contribution in [0.5, 0.6) is 0 Å². The molecule has 2 rings (SSSR count). The Morgan fingerprint density at radius 3 is 2.71 bits per heavy atom. The average Bonchev–Trinajstić information content (AvgIpc) is 2.75. The third-order valence-corrected chi connectivity index (χ3v) is 3.66. The van der Waals surface area contributed by atoms with Crippen molar-refractivity contribution < 1.29 is 13.9 Å². The zero-order valence-corrected chi connectivity index (χ0v) is 12.8. The van der Waals surface area contributed by atoms with E-state index in [2.05, 4.69) is 4.99 Å². The molecule has 0 aromatic heterocycles. The van der Waals surface area contributed by atoms with Gasteiger partial charge in [0, 0.05) is 17.9 Å². The van der Waals surface area contributed by atoms with Crippen LogP contribution in [0.25, 0.3) is 0 Å². The summed E-state index contributed by atoms with van der Waals surface area (Å²) in [6.07, 6.45) is 2.44. The molecule has 0 spiro atoms. The highest BCUT2D eigenvalue weighted by molar-refractivity contribution is 6.09. The summed E-state index contributed by atoms with van der Waals surface area (Å²) in [6.45, 7) is 7.81. The van der Waals surface area contributed by atoms with Gasteiger partial charge in [-0.15, -0.1) is 0 Å². The molecule has 0 fully saturated rings. The highest BCUT2D eigenvalue weighted by atomic mass is 19.1. The molecule has 21 heavy (non-hydrogen) atoms. The first kappa shape index (κ1) is 15.4. The van der Waals surface area contributed by atoms with E-state index in [4.69, 9.17) is 4.74 Å². The molecule has 1 aliphatic rings. The number of aliphatic imine (C=N–C) groups is 1. The standard InChI is InChI=1S/C17H20FNO2/c1-11(2)8-9-17(12(3)4)16(20)19-15(21-17)13-6-5-7-14(18)10-13/h5-8,10,12H,9H2,1-4H3/t17-/m1/s1. The molecule has 1 amide bonds. The summed E-state index contributed by atoms with van der Waals surface area (Å²) in [6, 6.07) is 5.93. The second kappa shape index (κ2) is 5.80. The van der Waals surface area contributed by atoms with Gasteiger partial charge in [0.15, 0.2) is 5.60 Å². The van der Waals surface area contributed by atoms with Gasteiger partial charge in [0.2, 0.25) is 5.90 Å². The van der Waals surface area contributed by atoms with Crippen molar-refractivity contribution >= 4 is 11.8 Å². The Bertz CT molecular complexity index is 615. The van der Waals surface area contributed by atoms with E-state index in [0.717, 1.165) is 5.57 Å². The van der Waals surface area contributed by atoms with Gasteiger partial charge in [-0.25, -0.2) is 4.39 Å². The van der Waals surface area contributed by atoms with Crippen molar-refractivity contribution in [1.82, 2.24) is 0 Å². The van der Waals surface area contributed by atoms with Gasteiger partial charge in [0.1, 0.15) is 5.82 Å². The Morgan fingerprint density at radius 2 is 2.14 bits per heavy atom. The van der Waals surface area contributed by atoms with Crippen LogP contribution in [-0.2, 0) is 9.53 Å². The first-order valence-electron chi connectivity index (χ1n) is 7.06. The van der Waals surface area contributed by atoms with Crippen molar-refractivity contribution in [1.29, 1.82) is 0 Å². The first-order chi connectivity index (χ1) is 9.85. The Balaban J connectivity index is 2.33. The normalized spacial score (nSPS) is 21.2. The number of amides is 1. The van der Waals surface area contributed by atoms with E-state index in [0.29, 0.717) is 12.0 Å². The maximum Gasteiger partial charge on any atom is 0.293 e. The van der Waals surface area contributed by atoms with Gasteiger partial charge in [-0.2, -0.15) is 4.99 Å². The molecule has 0 saturated heterocycles. The van der Waals surface area contributed by atoms with Crippen molar-refractivity contribution in [3.8, 4) is 0 Å². The van der Waals surface area contributed by atoms with Crippen LogP contribution in [-0.4, -0.2) is 17.4 Å². The highest BCUT2D eigenvalue weighted by Crippen LogP contribution is 2.34. The molecule has 1 heterocycles. The van der Waals surface area contributed by atoms with Crippen molar-refractivity contribution in [2.75, 3.05) is 0 Å². The van der Waals surface area contributed by atoms with Crippen LogP contribution in [0.4, 0.5) is 4.39 Å². The van der Waals surface area contributed by atoms with Crippen molar-refractivity contribution in [2.24, 2.45) is 10.9 Å². The van der Waals surface area contributed by atoms with Gasteiger partial charge in [0.05, 0.1) is 0 Å². The molecule has 1 aromatic carbocycles. The third kappa shape index (κ3) is 3.04. The average molecular weight is 289 g/mol. The smallest absolute Gasteiger partial charge is 0.293 e. The quantitative estimate of drug-likeness (QED) is 0.789. The number of allylic oxidation sites excluding steroid dienone is 1. The summed E-state index contributed by atoms with van der Waals surface area (Å²) in [5.41, 5.74) is 0.618. The minimum atomic E-state index is -0.987. The van der Waals surface area contributed by atoms with Crippen molar-refractivity contribution in [2.45, 2.75) is 39.7 Å². The van der Waals surface area contributed by atoms with Crippen LogP contribution in [0, 0.1) is 11.7 Å². The number of hydrogen-bond acceptors (Lipinski definition) is 2. The number of rotatable bonds is 4. The van der Waals surface area contributed by atoms with Crippen LogP contribution in [0.1, 0.15) is 39.7 Å². The molecule has 0 bridgehead atoms. The number of hydrogen-bond donors (Lipinski definition) is 0. The molecular formula is C17H20FNO2. The molecule has 0 unspecified atom stereocenters. The minimum absolute atomic E-state index is 0.0320. The number of carbonyl (C=O) groups excluding carboxylic acids is 1. The van der Waals surface area contributed by atoms with Gasteiger partial charge in [-0.1, -0.05) is 31.6 Å². The van der Waals surface area contributed by atoms with Crippen LogP contribution in [0.15, 0.2) is 40.9 Å². The highest BCUT2D eigenvalue weighted by Gasteiger charge is 2.48. The van der Waals surface area contributed by atoms with Crippen molar-refractivity contribution in [3.63, 3.8) is 0 Å². The van der Waals surface area contributed by atoms with Gasteiger partial charge in [-0.3, -0.25) is 4.79 Å². The molecule has 1 aliphatic heterocycles. The van der Waals surface area contributed by atoms with Gasteiger partial charge in [0.25, 0.3) is 5.91 Å². The SMILES string of the molecule is CC(C)=CC[C@]1(C(C)C)OC(c2cccc(F)c2)=NC1=O. The predicted octanol–water partition coefficient (Wildman–Crippen LogP) is 3.88. The predicted molar refractivity (Wildman–Crippen MR) is 80.6 cm³/mol. The third-order valence-electron chi connectivity index (χ3n) is 3.66. The first-order valence-corrected chi connectivity index (χ1v) is 7.06. The van der Waals surface area contributed by atoms with Crippen LogP contribution in [0.2, 0.25) is 0 Å². The molecule has 0 N–H and O–H groups in total. The van der Waals surface area contributed by atoms with E-state index in [1.807, 2.05) is 33.8 Å². The van der Waals surface area contributed by atoms with Gasteiger partial charge < -0.3 is 4.74 Å². The zero-order chi connectivity index (χ0) is 15.6. The van der Waals surface area contributed by atoms with E-state index < -0.39 is 5.60 Å². The lowest BCUT2D eigenvalue weighted by molar-refractivity contribution is -0.134. The fraction of sp³-hybridized carbons (Fsp3) is 0.412. The van der Waals surface area contributed by atoms with Crippen LogP contribution >= 0.6 is 0 Å². The fourth-order valence-corrected chi connectivity index (χ4v) is 2.26. The van der Waals surface area contributed by atoms with Crippen LogP contribution in [0.3, 0.4) is 0 Å². The molecule has 0 aliphatic carbocycles. The zero-order valence-electron chi connectivity index (χ0n) is 12.8. The Hall–Kier alpha value is -1.97. The number of carbonyl (C=O) groups is 1. The fourth-order valence-electron chi connectivity index (χ4n) is 2.26. The molecule has 1 aromatic rings. The minimum Gasteiger partial charge on any atom is -0.460 e. The summed E-state index contributed by atoms with van der Waals surface area (Å²) < 4.78 is 19.2. The molecule has 1 atom stereocenters. The van der Waals surface area contributed by atoms with Crippen molar-refractivity contribution in [3.05, 3.63) is 47.3 Å². The number of halogens is 1. The summed E-state index contributed by atoms with van der Waals surface area (Å²) >= 11 is 0. The number of ether oxygens (including phenoxy) is 1. The monoisotopic (exact) mass is 289 g/mol. The largest absolute Gasteiger partial charge is 0.460 e. The van der Waals surface area contributed by atoms with E-state index in [9.17, 15) is 9.18 Å². The molecule has 3 nitrogen and oxygen atoms in total. The lowest BCUT2D eigenvalue weighted by atomic mass is 9.86. The second-order valence-electron chi connectivity index (χ2n) is 5.86. The topological polar surface area (TPSA) is 38.7 Å². The molecule has 4 heteroatoms. The molecular weight excluding hydrogens is 269 g/mol. The van der Waals surface area contributed by atoms with Gasteiger partial charge >= 0.3 is 0 Å². The molecule has 112 valence electrons. The Labute approximate surface area is 124 Å².